The van der Waals surface area contributed by atoms with Crippen molar-refractivity contribution in [3.05, 3.63) is 35.6 Å². The van der Waals surface area contributed by atoms with E-state index >= 15 is 4.39 Å². The Morgan fingerprint density at radius 1 is 1.04 bits per heavy atom. The Morgan fingerprint density at radius 2 is 1.56 bits per heavy atom. The van der Waals surface area contributed by atoms with Crippen molar-refractivity contribution in [3.8, 4) is 5.75 Å². The molecule has 0 amide bonds. The highest BCUT2D eigenvalue weighted by Gasteiger charge is 2.53. The number of hydrogen-bond acceptors (Lipinski definition) is 4. The van der Waals surface area contributed by atoms with Gasteiger partial charge >= 0.3 is 7.12 Å². The van der Waals surface area contributed by atoms with Crippen molar-refractivity contribution in [2.75, 3.05) is 13.7 Å². The van der Waals surface area contributed by atoms with E-state index in [2.05, 4.69) is 0 Å². The molecular formula is C21H32BFO4. The van der Waals surface area contributed by atoms with Crippen LogP contribution in [0.25, 0.3) is 5.57 Å². The molecule has 4 nitrogen and oxygen atoms in total. The molecule has 0 aliphatic carbocycles. The highest BCUT2D eigenvalue weighted by atomic mass is 19.1. The summed E-state index contributed by atoms with van der Waals surface area (Å²) in [6, 6.07) is 7.32. The summed E-state index contributed by atoms with van der Waals surface area (Å²) in [6.45, 7) is 14.0. The van der Waals surface area contributed by atoms with Gasteiger partial charge in [-0.15, -0.1) is 0 Å². The Bertz CT molecular complexity index is 658. The third-order valence-corrected chi connectivity index (χ3v) is 5.07. The third-order valence-electron chi connectivity index (χ3n) is 5.07. The number of ether oxygens (including phenoxy) is 2. The second kappa shape index (κ2) is 7.94. The molecule has 1 aromatic rings. The molecule has 0 atom stereocenters. The fraction of sp³-hybridized carbons (Fsp3) is 0.619. The maximum absolute atomic E-state index is 15.5. The molecular weight excluding hydrogens is 346 g/mol. The first-order valence-electron chi connectivity index (χ1n) is 9.39. The first-order valence-corrected chi connectivity index (χ1v) is 9.39. The zero-order valence-corrected chi connectivity index (χ0v) is 17.8. The molecule has 2 rings (SSSR count). The normalized spacial score (nSPS) is 19.8. The summed E-state index contributed by atoms with van der Waals surface area (Å²) >= 11 is 0. The van der Waals surface area contributed by atoms with Crippen molar-refractivity contribution in [1.29, 1.82) is 0 Å². The van der Waals surface area contributed by atoms with Crippen LogP contribution < -0.4 is 4.74 Å². The number of benzene rings is 1. The Morgan fingerprint density at radius 3 is 2.00 bits per heavy atom. The second-order valence-corrected chi connectivity index (χ2v) is 8.85. The van der Waals surface area contributed by atoms with E-state index in [1.807, 2.05) is 72.7 Å². The van der Waals surface area contributed by atoms with Gasteiger partial charge in [0.1, 0.15) is 11.5 Å². The zero-order chi connectivity index (χ0) is 20.5. The van der Waals surface area contributed by atoms with E-state index < -0.39 is 24.0 Å². The Balaban J connectivity index is 2.33. The largest absolute Gasteiger partial charge is 0.525 e. The molecule has 1 heterocycles. The number of halogens is 1. The topological polar surface area (TPSA) is 36.9 Å². The highest BCUT2D eigenvalue weighted by molar-refractivity contribution is 6.55. The summed E-state index contributed by atoms with van der Waals surface area (Å²) in [7, 11) is 0.579. The molecule has 1 saturated heterocycles. The lowest BCUT2D eigenvalue weighted by Crippen LogP contribution is -2.41. The van der Waals surface area contributed by atoms with Crippen LogP contribution in [0.4, 0.5) is 4.39 Å². The molecule has 0 spiro atoms. The summed E-state index contributed by atoms with van der Waals surface area (Å²) in [6.07, 6.45) is 0.416. The van der Waals surface area contributed by atoms with Gasteiger partial charge in [0.2, 0.25) is 0 Å². The van der Waals surface area contributed by atoms with Gasteiger partial charge < -0.3 is 18.8 Å². The van der Waals surface area contributed by atoms with Crippen LogP contribution in [0, 0.1) is 0 Å². The molecule has 1 aliphatic heterocycles. The number of rotatable bonds is 6. The van der Waals surface area contributed by atoms with E-state index in [9.17, 15) is 0 Å². The lowest BCUT2D eigenvalue weighted by atomic mass is 9.82. The Kier molecular flexibility index (Phi) is 6.45. The first kappa shape index (κ1) is 21.9. The molecule has 0 unspecified atom stereocenters. The van der Waals surface area contributed by atoms with Gasteiger partial charge in [0.25, 0.3) is 0 Å². The summed E-state index contributed by atoms with van der Waals surface area (Å²) in [5, 5.41) is 0. The van der Waals surface area contributed by atoms with Gasteiger partial charge in [0, 0.05) is 0 Å². The molecule has 0 bridgehead atoms. The molecule has 1 aromatic carbocycles. The van der Waals surface area contributed by atoms with Gasteiger partial charge in [0.15, 0.2) is 0 Å². The van der Waals surface area contributed by atoms with Crippen LogP contribution in [0.3, 0.4) is 0 Å². The molecule has 150 valence electrons. The fourth-order valence-corrected chi connectivity index (χ4v) is 2.74. The standard InChI is InChI=1S/C21H32BFO4/c1-19(2,3)25-14-13-17(15-9-11-16(24-8)12-10-15)18(23)22-26-20(4,5)21(6,7)27-22/h9-12H,13-14H2,1-8H3. The summed E-state index contributed by atoms with van der Waals surface area (Å²) < 4.78 is 38.3. The van der Waals surface area contributed by atoms with Crippen molar-refractivity contribution in [1.82, 2.24) is 0 Å². The highest BCUT2D eigenvalue weighted by Crippen LogP contribution is 2.40. The van der Waals surface area contributed by atoms with E-state index in [4.69, 9.17) is 18.8 Å². The van der Waals surface area contributed by atoms with Crippen molar-refractivity contribution >= 4 is 12.7 Å². The van der Waals surface area contributed by atoms with Gasteiger partial charge in [-0.1, -0.05) is 12.1 Å². The van der Waals surface area contributed by atoms with Crippen LogP contribution in [0.1, 0.15) is 60.5 Å². The average molecular weight is 378 g/mol. The maximum atomic E-state index is 15.5. The van der Waals surface area contributed by atoms with Gasteiger partial charge in [-0.2, -0.15) is 0 Å². The molecule has 6 heteroatoms. The van der Waals surface area contributed by atoms with Crippen LogP contribution in [-0.2, 0) is 14.0 Å². The van der Waals surface area contributed by atoms with E-state index in [0.717, 1.165) is 11.3 Å². The average Bonchev–Trinajstić information content (AvgIpc) is 2.78. The maximum Gasteiger partial charge on any atom is 0.525 e. The van der Waals surface area contributed by atoms with Crippen LogP contribution in [0.2, 0.25) is 0 Å². The molecule has 0 aromatic heterocycles. The van der Waals surface area contributed by atoms with Crippen molar-refractivity contribution < 1.29 is 23.2 Å². The summed E-state index contributed by atoms with van der Waals surface area (Å²) in [4.78, 5) is 0. The number of methoxy groups -OCH3 is 1. The summed E-state index contributed by atoms with van der Waals surface area (Å²) in [5.74, 6) is 0.722. The van der Waals surface area contributed by atoms with Crippen LogP contribution in [0.15, 0.2) is 30.0 Å². The van der Waals surface area contributed by atoms with Gasteiger partial charge in [-0.3, -0.25) is 0 Å². The third kappa shape index (κ3) is 5.34. The quantitative estimate of drug-likeness (QED) is 0.637. The van der Waals surface area contributed by atoms with E-state index in [1.165, 1.54) is 0 Å². The zero-order valence-electron chi connectivity index (χ0n) is 17.8. The SMILES string of the molecule is COc1ccc(C(CCOC(C)(C)C)=C(F)B2OC(C)(C)C(C)(C)O2)cc1. The lowest BCUT2D eigenvalue weighted by molar-refractivity contribution is 0.000564. The van der Waals surface area contributed by atoms with E-state index in [0.29, 0.717) is 18.6 Å². The minimum atomic E-state index is -1.03. The smallest absolute Gasteiger partial charge is 0.497 e. The van der Waals surface area contributed by atoms with Crippen LogP contribution in [0.5, 0.6) is 5.75 Å². The summed E-state index contributed by atoms with van der Waals surface area (Å²) in [5.41, 5.74) is -0.590. The molecule has 0 radical (unpaired) electrons. The first-order chi connectivity index (χ1) is 12.4. The molecule has 27 heavy (non-hydrogen) atoms. The minimum Gasteiger partial charge on any atom is -0.497 e. The van der Waals surface area contributed by atoms with Crippen molar-refractivity contribution in [2.45, 2.75) is 71.7 Å². The fourth-order valence-electron chi connectivity index (χ4n) is 2.74. The van der Waals surface area contributed by atoms with Gasteiger partial charge in [-0.25, -0.2) is 4.39 Å². The Hall–Kier alpha value is -1.37. The van der Waals surface area contributed by atoms with E-state index in [1.54, 1.807) is 7.11 Å². The van der Waals surface area contributed by atoms with Gasteiger partial charge in [0.05, 0.1) is 30.5 Å². The van der Waals surface area contributed by atoms with Crippen LogP contribution in [-0.4, -0.2) is 37.6 Å². The Labute approximate surface area is 163 Å². The molecule has 0 N–H and O–H groups in total. The van der Waals surface area contributed by atoms with Crippen LogP contribution >= 0.6 is 0 Å². The number of hydrogen-bond donors (Lipinski definition) is 0. The van der Waals surface area contributed by atoms with Crippen molar-refractivity contribution in [2.24, 2.45) is 0 Å². The minimum absolute atomic E-state index is 0.286. The molecule has 0 saturated carbocycles. The predicted octanol–water partition coefficient (Wildman–Crippen LogP) is 5.21. The van der Waals surface area contributed by atoms with Gasteiger partial charge in [-0.05, 0) is 78.2 Å². The monoisotopic (exact) mass is 378 g/mol. The lowest BCUT2D eigenvalue weighted by Gasteiger charge is -2.32. The molecule has 1 fully saturated rings. The van der Waals surface area contributed by atoms with E-state index in [-0.39, 0.29) is 5.60 Å². The van der Waals surface area contributed by atoms with Crippen molar-refractivity contribution in [3.63, 3.8) is 0 Å². The molecule has 1 aliphatic rings. The predicted molar refractivity (Wildman–Crippen MR) is 107 cm³/mol. The second-order valence-electron chi connectivity index (χ2n) is 8.85.